The topological polar surface area (TPSA) is 121 Å². The van der Waals surface area contributed by atoms with Crippen LogP contribution in [0.15, 0.2) is 6.33 Å². The third kappa shape index (κ3) is 2.81. The maximum Gasteiger partial charge on any atom is 0.328 e. The number of carbonyl (C=O) groups excluding carboxylic acids is 1. The van der Waals surface area contributed by atoms with E-state index in [4.69, 9.17) is 5.11 Å². The van der Waals surface area contributed by atoms with E-state index in [0.29, 0.717) is 18.9 Å². The molecule has 0 saturated heterocycles. The number of carbonyl (C=O) groups is 2. The number of fused-ring (bicyclic) bond motifs is 1. The second-order valence-electron chi connectivity index (χ2n) is 4.37. The second-order valence-corrected chi connectivity index (χ2v) is 4.37. The molecule has 19 heavy (non-hydrogen) atoms. The number of aliphatic hydroxyl groups excluding tert-OH is 1. The second kappa shape index (κ2) is 5.22. The van der Waals surface area contributed by atoms with Crippen LogP contribution >= 0.6 is 0 Å². The monoisotopic (exact) mass is 269 g/mol. The number of carboxylic acid groups (broad SMARTS) is 1. The summed E-state index contributed by atoms with van der Waals surface area (Å²) in [5.74, 6) is -0.631. The van der Waals surface area contributed by atoms with Gasteiger partial charge in [-0.15, -0.1) is 10.2 Å². The van der Waals surface area contributed by atoms with Crippen molar-refractivity contribution >= 4 is 12.0 Å². The zero-order valence-electron chi connectivity index (χ0n) is 10.4. The largest absolute Gasteiger partial charge is 0.480 e. The van der Waals surface area contributed by atoms with Crippen LogP contribution in [-0.4, -0.2) is 60.6 Å². The molecule has 0 fully saturated rings. The molecule has 2 heterocycles. The van der Waals surface area contributed by atoms with Gasteiger partial charge in [-0.25, -0.2) is 9.59 Å². The van der Waals surface area contributed by atoms with Crippen molar-refractivity contribution < 1.29 is 19.8 Å². The lowest BCUT2D eigenvalue weighted by molar-refractivity contribution is -0.141. The number of aliphatic hydroxyl groups is 1. The fourth-order valence-electron chi connectivity index (χ4n) is 1.85. The molecule has 2 atom stereocenters. The van der Waals surface area contributed by atoms with Gasteiger partial charge in [-0.3, -0.25) is 0 Å². The van der Waals surface area contributed by atoms with E-state index in [1.54, 1.807) is 6.33 Å². The van der Waals surface area contributed by atoms with Gasteiger partial charge in [-0.05, 0) is 6.92 Å². The highest BCUT2D eigenvalue weighted by Gasteiger charge is 2.29. The summed E-state index contributed by atoms with van der Waals surface area (Å²) < 4.78 is 1.83. The normalized spacial score (nSPS) is 17.5. The van der Waals surface area contributed by atoms with Gasteiger partial charge in [0.15, 0.2) is 11.9 Å². The molecule has 1 aromatic rings. The van der Waals surface area contributed by atoms with E-state index in [-0.39, 0.29) is 6.54 Å². The van der Waals surface area contributed by atoms with Gasteiger partial charge in [0.25, 0.3) is 0 Å². The minimum absolute atomic E-state index is 0.262. The van der Waals surface area contributed by atoms with Crippen LogP contribution < -0.4 is 5.32 Å². The first-order valence-corrected chi connectivity index (χ1v) is 5.82. The van der Waals surface area contributed by atoms with Crippen molar-refractivity contribution in [2.24, 2.45) is 0 Å². The number of carboxylic acids is 1. The number of hydrogen-bond acceptors (Lipinski definition) is 5. The van der Waals surface area contributed by atoms with Crippen LogP contribution in [0, 0.1) is 0 Å². The third-order valence-corrected chi connectivity index (χ3v) is 2.95. The van der Waals surface area contributed by atoms with Crippen LogP contribution in [0.3, 0.4) is 0 Å². The molecule has 9 heteroatoms. The van der Waals surface area contributed by atoms with E-state index in [0.717, 1.165) is 0 Å². The molecule has 0 spiro atoms. The molecular weight excluding hydrogens is 254 g/mol. The van der Waals surface area contributed by atoms with Gasteiger partial charge < -0.3 is 25.0 Å². The van der Waals surface area contributed by atoms with Gasteiger partial charge in [0.1, 0.15) is 6.33 Å². The summed E-state index contributed by atoms with van der Waals surface area (Å²) in [6, 6.07) is -1.87. The first-order chi connectivity index (χ1) is 8.99. The number of urea groups is 1. The fourth-order valence-corrected chi connectivity index (χ4v) is 1.85. The summed E-state index contributed by atoms with van der Waals surface area (Å²) in [6.45, 7) is 2.56. The summed E-state index contributed by atoms with van der Waals surface area (Å²) in [7, 11) is 0. The van der Waals surface area contributed by atoms with E-state index in [2.05, 4.69) is 15.5 Å². The molecule has 1 aliphatic rings. The van der Waals surface area contributed by atoms with Crippen LogP contribution in [0.2, 0.25) is 0 Å². The van der Waals surface area contributed by atoms with Crippen LogP contribution in [0.1, 0.15) is 12.7 Å². The van der Waals surface area contributed by atoms with E-state index in [9.17, 15) is 14.7 Å². The van der Waals surface area contributed by atoms with Crippen LogP contribution in [0.25, 0.3) is 0 Å². The Morgan fingerprint density at radius 1 is 1.47 bits per heavy atom. The maximum atomic E-state index is 11.9. The first-order valence-electron chi connectivity index (χ1n) is 5.82. The molecule has 0 bridgehead atoms. The summed E-state index contributed by atoms with van der Waals surface area (Å²) >= 11 is 0. The fraction of sp³-hybridized carbons (Fsp3) is 0.600. The molecule has 2 rings (SSSR count). The molecule has 0 unspecified atom stereocenters. The Morgan fingerprint density at radius 2 is 2.21 bits per heavy atom. The minimum Gasteiger partial charge on any atom is -0.480 e. The van der Waals surface area contributed by atoms with Gasteiger partial charge in [0, 0.05) is 13.1 Å². The van der Waals surface area contributed by atoms with Crippen molar-refractivity contribution in [3.05, 3.63) is 12.2 Å². The van der Waals surface area contributed by atoms with Crippen molar-refractivity contribution in [3.8, 4) is 0 Å². The molecule has 0 saturated carbocycles. The predicted molar refractivity (Wildman–Crippen MR) is 62.1 cm³/mol. The molecule has 3 N–H and O–H groups in total. The number of nitrogens with zero attached hydrogens (tertiary/aromatic N) is 4. The molecule has 1 aromatic heterocycles. The van der Waals surface area contributed by atoms with Crippen LogP contribution in [0.5, 0.6) is 0 Å². The Bertz CT molecular complexity index is 486. The Kier molecular flexibility index (Phi) is 3.65. The van der Waals surface area contributed by atoms with E-state index < -0.39 is 24.1 Å². The van der Waals surface area contributed by atoms with Crippen molar-refractivity contribution in [3.63, 3.8) is 0 Å². The van der Waals surface area contributed by atoms with Gasteiger partial charge in [0.05, 0.1) is 12.6 Å². The number of amides is 2. The Hall–Kier alpha value is -2.16. The Labute approximate surface area is 108 Å². The molecular formula is C10H15N5O4. The highest BCUT2D eigenvalue weighted by atomic mass is 16.4. The number of hydrogen-bond donors (Lipinski definition) is 3. The van der Waals surface area contributed by atoms with E-state index >= 15 is 0 Å². The molecule has 1 aliphatic heterocycles. The summed E-state index contributed by atoms with van der Waals surface area (Å²) in [4.78, 5) is 24.3. The quantitative estimate of drug-likeness (QED) is 0.623. The summed E-state index contributed by atoms with van der Waals surface area (Å²) in [5, 5.41) is 28.1. The van der Waals surface area contributed by atoms with Crippen molar-refractivity contribution in [2.45, 2.75) is 32.2 Å². The lowest BCUT2D eigenvalue weighted by Crippen LogP contribution is -2.53. The number of aromatic nitrogens is 3. The van der Waals surface area contributed by atoms with Gasteiger partial charge in [-0.1, -0.05) is 0 Å². The molecule has 104 valence electrons. The average molecular weight is 269 g/mol. The van der Waals surface area contributed by atoms with Crippen molar-refractivity contribution in [2.75, 3.05) is 6.54 Å². The Morgan fingerprint density at radius 3 is 2.84 bits per heavy atom. The summed E-state index contributed by atoms with van der Waals surface area (Å²) in [6.07, 6.45) is 0.412. The van der Waals surface area contributed by atoms with Gasteiger partial charge >= 0.3 is 12.0 Å². The molecule has 0 aliphatic carbocycles. The van der Waals surface area contributed by atoms with Gasteiger partial charge in [0.2, 0.25) is 0 Å². The summed E-state index contributed by atoms with van der Waals surface area (Å²) in [5.41, 5.74) is 0. The van der Waals surface area contributed by atoms with Crippen LogP contribution in [-0.2, 0) is 17.9 Å². The van der Waals surface area contributed by atoms with Crippen molar-refractivity contribution in [1.29, 1.82) is 0 Å². The lowest BCUT2D eigenvalue weighted by Gasteiger charge is -2.29. The third-order valence-electron chi connectivity index (χ3n) is 2.95. The van der Waals surface area contributed by atoms with E-state index in [1.165, 1.54) is 11.8 Å². The average Bonchev–Trinajstić information content (AvgIpc) is 2.81. The molecule has 2 amide bonds. The van der Waals surface area contributed by atoms with E-state index in [1.807, 2.05) is 4.57 Å². The molecule has 0 aromatic carbocycles. The smallest absolute Gasteiger partial charge is 0.328 e. The highest BCUT2D eigenvalue weighted by Crippen LogP contribution is 2.09. The number of aliphatic carboxylic acids is 1. The molecule has 9 nitrogen and oxygen atoms in total. The first kappa shape index (κ1) is 13.3. The number of nitrogens with one attached hydrogen (secondary N) is 1. The van der Waals surface area contributed by atoms with Crippen LogP contribution in [0.4, 0.5) is 4.79 Å². The Balaban J connectivity index is 2.00. The maximum absolute atomic E-state index is 11.9. The highest BCUT2D eigenvalue weighted by molar-refractivity contribution is 5.83. The minimum atomic E-state index is -1.33. The molecule has 0 radical (unpaired) electrons. The van der Waals surface area contributed by atoms with Crippen molar-refractivity contribution in [1.82, 2.24) is 25.0 Å². The standard InChI is InChI=1S/C10H15N5O4/c1-6(16)8(9(17)18)12-10(19)14-2-3-15-5-11-13-7(15)4-14/h5-6,8,16H,2-4H2,1H3,(H,12,19)(H,17,18)/t6-,8+/m1/s1. The lowest BCUT2D eigenvalue weighted by atomic mass is 10.2. The SMILES string of the molecule is C[C@@H](O)[C@H](NC(=O)N1CCn2cnnc2C1)C(=O)O. The van der Waals surface area contributed by atoms with Gasteiger partial charge in [-0.2, -0.15) is 0 Å². The predicted octanol–water partition coefficient (Wildman–Crippen LogP) is -1.36. The zero-order chi connectivity index (χ0) is 14.0. The number of rotatable bonds is 3. The zero-order valence-corrected chi connectivity index (χ0v) is 10.4.